The molecule has 0 N–H and O–H groups in total. The zero-order valence-corrected chi connectivity index (χ0v) is 16.6. The van der Waals surface area contributed by atoms with Crippen molar-refractivity contribution in [3.8, 4) is 0 Å². The van der Waals surface area contributed by atoms with Crippen LogP contribution in [0.25, 0.3) is 10.9 Å². The van der Waals surface area contributed by atoms with Crippen LogP contribution in [0.15, 0.2) is 60.8 Å². The fourth-order valence-corrected chi connectivity index (χ4v) is 5.03. The molecule has 1 amide bonds. The Balaban J connectivity index is 1.51. The minimum Gasteiger partial charge on any atom is -0.336 e. The van der Waals surface area contributed by atoms with Gasteiger partial charge in [-0.15, -0.1) is 0 Å². The Hall–Kier alpha value is -3.05. The van der Waals surface area contributed by atoms with E-state index in [0.29, 0.717) is 24.2 Å². The Morgan fingerprint density at radius 3 is 2.66 bits per heavy atom. The first-order chi connectivity index (χ1) is 14.0. The largest absolute Gasteiger partial charge is 0.336 e. The first-order valence-electron chi connectivity index (χ1n) is 9.95. The lowest BCUT2D eigenvalue weighted by Crippen LogP contribution is -2.47. The van der Waals surface area contributed by atoms with Crippen molar-refractivity contribution in [2.75, 3.05) is 20.1 Å². The number of benzene rings is 2. The first-order valence-corrected chi connectivity index (χ1v) is 9.95. The molecule has 1 saturated heterocycles. The third kappa shape index (κ3) is 2.69. The Morgan fingerprint density at radius 2 is 1.83 bits per heavy atom. The highest BCUT2D eigenvalue weighted by atomic mass is 16.2. The molecule has 3 heterocycles. The third-order valence-electron chi connectivity index (χ3n) is 6.56. The van der Waals surface area contributed by atoms with Crippen molar-refractivity contribution < 1.29 is 9.59 Å². The van der Waals surface area contributed by atoms with Crippen LogP contribution in [0.3, 0.4) is 0 Å². The lowest BCUT2D eigenvalue weighted by molar-refractivity contribution is 0.0606. The Bertz CT molecular complexity index is 1140. The molecule has 0 spiro atoms. The number of carbonyl (C=O) groups is 2. The number of rotatable bonds is 2. The molecule has 2 aliphatic heterocycles. The van der Waals surface area contributed by atoms with E-state index in [1.54, 1.807) is 23.2 Å². The molecule has 2 atom stereocenters. The number of aromatic nitrogens is 1. The zero-order valence-electron chi connectivity index (χ0n) is 16.6. The van der Waals surface area contributed by atoms with Crippen molar-refractivity contribution in [3.05, 3.63) is 77.5 Å². The van der Waals surface area contributed by atoms with E-state index >= 15 is 0 Å². The summed E-state index contributed by atoms with van der Waals surface area (Å²) in [6, 6.07) is 17.3. The van der Waals surface area contributed by atoms with E-state index < -0.39 is 5.41 Å². The van der Waals surface area contributed by atoms with Crippen molar-refractivity contribution in [3.63, 3.8) is 0 Å². The highest BCUT2D eigenvalue weighted by Gasteiger charge is 2.53. The van der Waals surface area contributed by atoms with Crippen LogP contribution in [0.5, 0.6) is 0 Å². The number of pyridine rings is 1. The molecular formula is C24H23N3O2. The van der Waals surface area contributed by atoms with Gasteiger partial charge in [0.1, 0.15) is 0 Å². The number of fused-ring (bicyclic) bond motifs is 3. The third-order valence-corrected chi connectivity index (χ3v) is 6.56. The lowest BCUT2D eigenvalue weighted by atomic mass is 9.78. The zero-order chi connectivity index (χ0) is 20.2. The summed E-state index contributed by atoms with van der Waals surface area (Å²) in [6.07, 6.45) is 1.80. The van der Waals surface area contributed by atoms with Gasteiger partial charge in [-0.05, 0) is 30.7 Å². The molecule has 0 radical (unpaired) electrons. The quantitative estimate of drug-likeness (QED) is 0.679. The molecule has 3 aromatic rings. The van der Waals surface area contributed by atoms with Gasteiger partial charge in [-0.2, -0.15) is 0 Å². The second-order valence-electron chi connectivity index (χ2n) is 8.38. The van der Waals surface area contributed by atoms with E-state index in [1.807, 2.05) is 44.3 Å². The average molecular weight is 385 g/mol. The smallest absolute Gasteiger partial charge is 0.254 e. The first kappa shape index (κ1) is 18.0. The van der Waals surface area contributed by atoms with Gasteiger partial charge in [-0.1, -0.05) is 36.4 Å². The number of ketones is 1. The van der Waals surface area contributed by atoms with E-state index in [0.717, 1.165) is 17.4 Å². The van der Waals surface area contributed by atoms with E-state index in [2.05, 4.69) is 22.0 Å². The van der Waals surface area contributed by atoms with Crippen LogP contribution in [-0.4, -0.2) is 52.7 Å². The maximum atomic E-state index is 13.5. The molecule has 146 valence electrons. The Kier molecular flexibility index (Phi) is 4.03. The molecule has 5 heteroatoms. The van der Waals surface area contributed by atoms with Crippen LogP contribution < -0.4 is 0 Å². The van der Waals surface area contributed by atoms with Gasteiger partial charge in [-0.25, -0.2) is 0 Å². The summed E-state index contributed by atoms with van der Waals surface area (Å²) < 4.78 is 0. The average Bonchev–Trinajstić information content (AvgIpc) is 3.07. The Labute approximate surface area is 170 Å². The fourth-order valence-electron chi connectivity index (χ4n) is 5.03. The van der Waals surface area contributed by atoms with Gasteiger partial charge in [0, 0.05) is 43.8 Å². The number of nitrogens with zero attached hydrogens (tertiary/aromatic N) is 3. The van der Waals surface area contributed by atoms with E-state index in [-0.39, 0.29) is 17.7 Å². The van der Waals surface area contributed by atoms with E-state index in [9.17, 15) is 9.59 Å². The summed E-state index contributed by atoms with van der Waals surface area (Å²) in [5.74, 6) is -0.00299. The maximum absolute atomic E-state index is 13.5. The van der Waals surface area contributed by atoms with E-state index in [4.69, 9.17) is 0 Å². The van der Waals surface area contributed by atoms with Gasteiger partial charge >= 0.3 is 0 Å². The van der Waals surface area contributed by atoms with Gasteiger partial charge in [0.25, 0.3) is 5.91 Å². The summed E-state index contributed by atoms with van der Waals surface area (Å²) in [5.41, 5.74) is 2.60. The number of likely N-dealkylation sites (N-methyl/N-ethyl adjacent to an activating group) is 1. The minimum absolute atomic E-state index is 0.0675. The monoisotopic (exact) mass is 385 g/mol. The molecule has 2 aromatic carbocycles. The normalized spacial score (nSPS) is 24.5. The fraction of sp³-hybridized carbons (Fsp3) is 0.292. The molecule has 5 rings (SSSR count). The molecular weight excluding hydrogens is 362 g/mol. The molecule has 0 bridgehead atoms. The van der Waals surface area contributed by atoms with Crippen LogP contribution in [0.4, 0.5) is 0 Å². The van der Waals surface area contributed by atoms with Crippen molar-refractivity contribution in [1.29, 1.82) is 0 Å². The predicted octanol–water partition coefficient (Wildman–Crippen LogP) is 3.39. The highest BCUT2D eigenvalue weighted by molar-refractivity contribution is 6.12. The van der Waals surface area contributed by atoms with Crippen LogP contribution in [0.1, 0.15) is 33.2 Å². The van der Waals surface area contributed by atoms with Crippen molar-refractivity contribution in [1.82, 2.24) is 14.8 Å². The lowest BCUT2D eigenvalue weighted by Gasteiger charge is -2.32. The molecule has 0 saturated carbocycles. The summed E-state index contributed by atoms with van der Waals surface area (Å²) in [4.78, 5) is 35.1. The molecule has 1 fully saturated rings. The number of hydrogen-bond acceptors (Lipinski definition) is 4. The van der Waals surface area contributed by atoms with Crippen LogP contribution in [0.2, 0.25) is 0 Å². The van der Waals surface area contributed by atoms with Crippen molar-refractivity contribution in [2.24, 2.45) is 5.41 Å². The van der Waals surface area contributed by atoms with Crippen molar-refractivity contribution in [2.45, 2.75) is 19.5 Å². The van der Waals surface area contributed by atoms with Gasteiger partial charge in [-0.3, -0.25) is 19.5 Å². The highest BCUT2D eigenvalue weighted by Crippen LogP contribution is 2.41. The van der Waals surface area contributed by atoms with Gasteiger partial charge < -0.3 is 4.90 Å². The SMILES string of the molecule is CN1C(=O)c2ccccc2C(=O)[C@@]2(C)CN(Cc3cccc4ncccc34)C[C@@H]12. The van der Waals surface area contributed by atoms with Gasteiger partial charge in [0.15, 0.2) is 5.78 Å². The van der Waals surface area contributed by atoms with E-state index in [1.165, 1.54) is 5.56 Å². The Morgan fingerprint density at radius 1 is 1.03 bits per heavy atom. The molecule has 5 nitrogen and oxygen atoms in total. The maximum Gasteiger partial charge on any atom is 0.254 e. The summed E-state index contributed by atoms with van der Waals surface area (Å²) in [6.45, 7) is 4.04. The van der Waals surface area contributed by atoms with Gasteiger partial charge in [0.2, 0.25) is 0 Å². The standard InChI is InChI=1S/C24H23N3O2/c1-24-15-27(13-16-7-5-11-20-17(16)10-6-12-25-20)14-21(24)26(2)23(29)19-9-4-3-8-18(19)22(24)28/h3-12,21H,13-15H2,1-2H3/t21-,24+/m1/s1. The van der Waals surface area contributed by atoms with Gasteiger partial charge in [0.05, 0.1) is 22.5 Å². The van der Waals surface area contributed by atoms with Crippen LogP contribution in [0, 0.1) is 5.41 Å². The summed E-state index contributed by atoms with van der Waals surface area (Å²) in [7, 11) is 1.83. The van der Waals surface area contributed by atoms with Crippen LogP contribution >= 0.6 is 0 Å². The number of amides is 1. The number of carbonyl (C=O) groups excluding carboxylic acids is 2. The van der Waals surface area contributed by atoms with Crippen LogP contribution in [-0.2, 0) is 6.54 Å². The topological polar surface area (TPSA) is 53.5 Å². The second-order valence-corrected chi connectivity index (χ2v) is 8.38. The minimum atomic E-state index is -0.625. The molecule has 29 heavy (non-hydrogen) atoms. The molecule has 2 aliphatic rings. The molecule has 0 unspecified atom stereocenters. The number of hydrogen-bond donors (Lipinski definition) is 0. The summed E-state index contributed by atoms with van der Waals surface area (Å²) in [5, 5.41) is 1.13. The summed E-state index contributed by atoms with van der Waals surface area (Å²) >= 11 is 0. The predicted molar refractivity (Wildman–Crippen MR) is 112 cm³/mol. The molecule has 1 aromatic heterocycles. The van der Waals surface area contributed by atoms with Crippen molar-refractivity contribution >= 4 is 22.6 Å². The molecule has 0 aliphatic carbocycles. The number of likely N-dealkylation sites (tertiary alicyclic amines) is 1. The number of Topliss-reactive ketones (excluding diaryl/α,β-unsaturated/α-hetero) is 1. The second kappa shape index (κ2) is 6.49.